The van der Waals surface area contributed by atoms with E-state index in [1.807, 2.05) is 29.9 Å². The number of aliphatic hydroxyl groups is 1. The second kappa shape index (κ2) is 8.10. The highest BCUT2D eigenvalue weighted by Crippen LogP contribution is 2.29. The van der Waals surface area contributed by atoms with E-state index in [4.69, 9.17) is 0 Å². The zero-order valence-electron chi connectivity index (χ0n) is 16.4. The third-order valence-corrected chi connectivity index (χ3v) is 5.54. The number of piperidine rings is 1. The first-order valence-electron chi connectivity index (χ1n) is 9.91. The third-order valence-electron chi connectivity index (χ3n) is 5.54. The Labute approximate surface area is 169 Å². The number of hydrogen-bond donors (Lipinski definition) is 2. The van der Waals surface area contributed by atoms with E-state index in [9.17, 15) is 14.7 Å². The van der Waals surface area contributed by atoms with Crippen LogP contribution in [-0.2, 0) is 24.8 Å². The van der Waals surface area contributed by atoms with Gasteiger partial charge in [-0.2, -0.15) is 0 Å². The minimum absolute atomic E-state index is 0.144. The fourth-order valence-corrected chi connectivity index (χ4v) is 3.93. The number of rotatable bonds is 4. The molecule has 2 amide bonds. The molecule has 2 unspecified atom stereocenters. The molecule has 3 heterocycles. The van der Waals surface area contributed by atoms with Gasteiger partial charge in [0.1, 0.15) is 18.1 Å². The lowest BCUT2D eigenvalue weighted by Gasteiger charge is -2.32. The minimum Gasteiger partial charge on any atom is -0.374 e. The summed E-state index contributed by atoms with van der Waals surface area (Å²) >= 11 is 0. The lowest BCUT2D eigenvalue weighted by atomic mass is 10.0. The normalized spacial score (nSPS) is 20.8. The van der Waals surface area contributed by atoms with Crippen LogP contribution >= 0.6 is 0 Å². The number of aryl methyl sites for hydroxylation is 2. The van der Waals surface area contributed by atoms with Crippen LogP contribution in [0.15, 0.2) is 30.6 Å². The molecule has 1 aromatic heterocycles. The highest BCUT2D eigenvalue weighted by atomic mass is 16.3. The predicted molar refractivity (Wildman–Crippen MR) is 107 cm³/mol. The fourth-order valence-electron chi connectivity index (χ4n) is 3.93. The van der Waals surface area contributed by atoms with E-state index < -0.39 is 12.3 Å². The van der Waals surface area contributed by atoms with Gasteiger partial charge in [-0.25, -0.2) is 4.98 Å². The Morgan fingerprint density at radius 2 is 2.17 bits per heavy atom. The summed E-state index contributed by atoms with van der Waals surface area (Å²) in [5.74, 6) is 7.02. The number of unbranched alkanes of at least 4 members (excludes halogenated alkanes) is 1. The summed E-state index contributed by atoms with van der Waals surface area (Å²) in [4.78, 5) is 31.0. The van der Waals surface area contributed by atoms with Crippen LogP contribution in [0.25, 0.3) is 0 Å². The molecule has 0 bridgehead atoms. The van der Waals surface area contributed by atoms with E-state index in [-0.39, 0.29) is 11.8 Å². The van der Waals surface area contributed by atoms with Crippen LogP contribution in [0.3, 0.4) is 0 Å². The van der Waals surface area contributed by atoms with Crippen LogP contribution in [0.5, 0.6) is 0 Å². The molecular formula is C22H24N4O3. The van der Waals surface area contributed by atoms with Crippen molar-refractivity contribution in [1.29, 1.82) is 0 Å². The van der Waals surface area contributed by atoms with Crippen molar-refractivity contribution in [3.05, 3.63) is 53.1 Å². The van der Waals surface area contributed by atoms with Gasteiger partial charge in [-0.05, 0) is 37.0 Å². The van der Waals surface area contributed by atoms with Crippen molar-refractivity contribution in [2.45, 2.75) is 50.9 Å². The van der Waals surface area contributed by atoms with Crippen LogP contribution < -0.4 is 5.32 Å². The van der Waals surface area contributed by atoms with E-state index in [2.05, 4.69) is 22.1 Å². The number of fused-ring (bicyclic) bond motifs is 1. The number of carbonyl (C=O) groups is 2. The second-order valence-electron chi connectivity index (χ2n) is 7.49. The molecule has 2 aliphatic rings. The lowest BCUT2D eigenvalue weighted by Crippen LogP contribution is -2.54. The van der Waals surface area contributed by atoms with Crippen LogP contribution in [0.4, 0.5) is 0 Å². The first-order chi connectivity index (χ1) is 14.0. The summed E-state index contributed by atoms with van der Waals surface area (Å²) in [6.45, 7) is 0.375. The van der Waals surface area contributed by atoms with Crippen molar-refractivity contribution in [2.24, 2.45) is 7.05 Å². The molecule has 1 aromatic carbocycles. The lowest BCUT2D eigenvalue weighted by molar-refractivity contribution is -0.132. The monoisotopic (exact) mass is 392 g/mol. The molecule has 0 saturated carbocycles. The van der Waals surface area contributed by atoms with E-state index in [0.717, 1.165) is 36.2 Å². The minimum atomic E-state index is -0.828. The van der Waals surface area contributed by atoms with Gasteiger partial charge in [0.05, 0.1) is 0 Å². The Kier molecular flexibility index (Phi) is 5.36. The summed E-state index contributed by atoms with van der Waals surface area (Å²) in [5.41, 5.74) is 2.34. The maximum Gasteiger partial charge on any atom is 0.255 e. The van der Waals surface area contributed by atoms with E-state index in [0.29, 0.717) is 24.9 Å². The molecule has 150 valence electrons. The third kappa shape index (κ3) is 3.89. The fraction of sp³-hybridized carbons (Fsp3) is 0.409. The molecule has 7 heteroatoms. The van der Waals surface area contributed by atoms with Gasteiger partial charge in [-0.15, -0.1) is 0 Å². The summed E-state index contributed by atoms with van der Waals surface area (Å²) in [7, 11) is 1.98. The first kappa shape index (κ1) is 19.2. The Bertz CT molecular complexity index is 1000. The van der Waals surface area contributed by atoms with Gasteiger partial charge < -0.3 is 19.9 Å². The molecule has 29 heavy (non-hydrogen) atoms. The SMILES string of the molecule is Cn1ccnc1CCCC#Cc1cccc2c1CN(C1CCC(O)NC1=O)C2=O. The molecule has 0 radical (unpaired) electrons. The van der Waals surface area contributed by atoms with Gasteiger partial charge in [0.15, 0.2) is 0 Å². The van der Waals surface area contributed by atoms with Crippen molar-refractivity contribution in [3.8, 4) is 11.8 Å². The molecule has 1 saturated heterocycles. The number of imidazole rings is 1. The van der Waals surface area contributed by atoms with Crippen LogP contribution in [-0.4, -0.2) is 43.6 Å². The van der Waals surface area contributed by atoms with E-state index in [1.54, 1.807) is 17.2 Å². The van der Waals surface area contributed by atoms with Crippen molar-refractivity contribution < 1.29 is 14.7 Å². The van der Waals surface area contributed by atoms with E-state index in [1.165, 1.54) is 0 Å². The molecular weight excluding hydrogens is 368 g/mol. The van der Waals surface area contributed by atoms with Crippen molar-refractivity contribution in [1.82, 2.24) is 19.8 Å². The average molecular weight is 392 g/mol. The van der Waals surface area contributed by atoms with Crippen molar-refractivity contribution in [3.63, 3.8) is 0 Å². The summed E-state index contributed by atoms with van der Waals surface area (Å²) in [6, 6.07) is 5.01. The predicted octanol–water partition coefficient (Wildman–Crippen LogP) is 1.35. The molecule has 0 aliphatic carbocycles. The van der Waals surface area contributed by atoms with Gasteiger partial charge in [0, 0.05) is 50.0 Å². The van der Waals surface area contributed by atoms with Crippen LogP contribution in [0.2, 0.25) is 0 Å². The van der Waals surface area contributed by atoms with Gasteiger partial charge in [-0.3, -0.25) is 9.59 Å². The Balaban J connectivity index is 1.43. The smallest absolute Gasteiger partial charge is 0.255 e. The standard InChI is InChI=1S/C22H24N4O3/c1-25-13-12-23-19(25)9-4-2-3-6-15-7-5-8-16-17(15)14-26(22(16)29)18-10-11-20(27)24-21(18)28/h5,7-8,12-13,18,20,27H,2,4,9-11,14H2,1H3,(H,24,28). The zero-order valence-corrected chi connectivity index (χ0v) is 16.4. The summed E-state index contributed by atoms with van der Waals surface area (Å²) < 4.78 is 2.01. The molecule has 0 spiro atoms. The Morgan fingerprint density at radius 1 is 1.31 bits per heavy atom. The van der Waals surface area contributed by atoms with E-state index >= 15 is 0 Å². The number of nitrogens with zero attached hydrogens (tertiary/aromatic N) is 3. The van der Waals surface area contributed by atoms with Crippen molar-refractivity contribution in [2.75, 3.05) is 0 Å². The maximum atomic E-state index is 12.8. The number of aromatic nitrogens is 2. The number of carbonyl (C=O) groups excluding carboxylic acids is 2. The molecule has 2 N–H and O–H groups in total. The maximum absolute atomic E-state index is 12.8. The largest absolute Gasteiger partial charge is 0.374 e. The van der Waals surface area contributed by atoms with Crippen LogP contribution in [0.1, 0.15) is 53.0 Å². The summed E-state index contributed by atoms with van der Waals surface area (Å²) in [6.07, 6.45) is 6.35. The molecule has 2 aromatic rings. The summed E-state index contributed by atoms with van der Waals surface area (Å²) in [5, 5.41) is 12.1. The highest BCUT2D eigenvalue weighted by Gasteiger charge is 2.39. The number of amides is 2. The topological polar surface area (TPSA) is 87.5 Å². The van der Waals surface area contributed by atoms with Gasteiger partial charge in [-0.1, -0.05) is 17.9 Å². The molecule has 7 nitrogen and oxygen atoms in total. The molecule has 2 aliphatic heterocycles. The first-order valence-corrected chi connectivity index (χ1v) is 9.91. The quantitative estimate of drug-likeness (QED) is 0.607. The van der Waals surface area contributed by atoms with Gasteiger partial charge in [0.2, 0.25) is 5.91 Å². The molecule has 1 fully saturated rings. The molecule has 4 rings (SSSR count). The highest BCUT2D eigenvalue weighted by molar-refractivity contribution is 6.01. The van der Waals surface area contributed by atoms with Crippen LogP contribution in [0, 0.1) is 11.8 Å². The second-order valence-corrected chi connectivity index (χ2v) is 7.49. The molecule has 2 atom stereocenters. The number of nitrogens with one attached hydrogen (secondary N) is 1. The van der Waals surface area contributed by atoms with Gasteiger partial charge >= 0.3 is 0 Å². The zero-order chi connectivity index (χ0) is 20.4. The number of hydrogen-bond acceptors (Lipinski definition) is 4. The Morgan fingerprint density at radius 3 is 2.93 bits per heavy atom. The number of benzene rings is 1. The number of aliphatic hydroxyl groups excluding tert-OH is 1. The average Bonchev–Trinajstić information content (AvgIpc) is 3.25. The van der Waals surface area contributed by atoms with Gasteiger partial charge in [0.25, 0.3) is 5.91 Å². The van der Waals surface area contributed by atoms with Crippen molar-refractivity contribution >= 4 is 11.8 Å². The Hall–Kier alpha value is -3.11.